The molecule has 0 saturated heterocycles. The number of hydrogen-bond acceptors (Lipinski definition) is 5. The van der Waals surface area contributed by atoms with Crippen LogP contribution in [-0.2, 0) is 6.42 Å². The summed E-state index contributed by atoms with van der Waals surface area (Å²) >= 11 is 6.39. The zero-order chi connectivity index (χ0) is 21.3. The number of rotatable bonds is 5. The van der Waals surface area contributed by atoms with E-state index in [0.717, 1.165) is 41.2 Å². The van der Waals surface area contributed by atoms with E-state index in [2.05, 4.69) is 0 Å². The van der Waals surface area contributed by atoms with Crippen LogP contribution in [0.1, 0.15) is 48.0 Å². The lowest BCUT2D eigenvalue weighted by atomic mass is 9.84. The molecule has 0 amide bonds. The highest BCUT2D eigenvalue weighted by Gasteiger charge is 2.31. The summed E-state index contributed by atoms with van der Waals surface area (Å²) in [4.78, 5) is 4.89. The van der Waals surface area contributed by atoms with Crippen LogP contribution in [0.5, 0.6) is 5.75 Å². The fourth-order valence-electron chi connectivity index (χ4n) is 4.04. The van der Waals surface area contributed by atoms with Gasteiger partial charge in [0.2, 0.25) is 0 Å². The monoisotopic (exact) mass is 426 g/mol. The lowest BCUT2D eigenvalue weighted by Gasteiger charge is -2.30. The van der Waals surface area contributed by atoms with Gasteiger partial charge in [-0.2, -0.15) is 5.10 Å². The highest BCUT2D eigenvalue weighted by molar-refractivity contribution is 6.31. The number of methoxy groups -OCH3 is 1. The molecule has 1 fully saturated rings. The average Bonchev–Trinajstić information content (AvgIpc) is 3.16. The molecule has 1 aromatic heterocycles. The van der Waals surface area contributed by atoms with Crippen LogP contribution in [-0.4, -0.2) is 39.1 Å². The van der Waals surface area contributed by atoms with E-state index in [1.807, 2.05) is 54.1 Å². The van der Waals surface area contributed by atoms with Crippen molar-refractivity contribution in [3.63, 3.8) is 0 Å². The summed E-state index contributed by atoms with van der Waals surface area (Å²) in [5, 5.41) is 15.8. The molecule has 6 nitrogen and oxygen atoms in total. The first-order chi connectivity index (χ1) is 14.5. The second kappa shape index (κ2) is 8.76. The Morgan fingerprint density at radius 2 is 2.03 bits per heavy atom. The molecule has 1 heterocycles. The Hall–Kier alpha value is -2.41. The Morgan fingerprint density at radius 1 is 1.23 bits per heavy atom. The Balaban J connectivity index is 1.74. The van der Waals surface area contributed by atoms with Gasteiger partial charge in [-0.05, 0) is 49.9 Å². The van der Waals surface area contributed by atoms with Gasteiger partial charge in [-0.25, -0.2) is 9.67 Å². The maximum Gasteiger partial charge on any atom is 0.155 e. The van der Waals surface area contributed by atoms with Gasteiger partial charge in [-0.15, -0.1) is 0 Å². The van der Waals surface area contributed by atoms with E-state index in [1.165, 1.54) is 0 Å². The molecule has 7 heteroatoms. The third-order valence-electron chi connectivity index (χ3n) is 5.85. The molecule has 1 saturated carbocycles. The minimum atomic E-state index is -0.534. The highest BCUT2D eigenvalue weighted by Crippen LogP contribution is 2.33. The van der Waals surface area contributed by atoms with Crippen molar-refractivity contribution in [3.05, 3.63) is 70.3 Å². The van der Waals surface area contributed by atoms with E-state index in [4.69, 9.17) is 32.2 Å². The first-order valence-electron chi connectivity index (χ1n) is 10.2. The largest absolute Gasteiger partial charge is 0.496 e. The number of aryl methyl sites for hydroxylation is 1. The summed E-state index contributed by atoms with van der Waals surface area (Å²) in [5.74, 6) is 2.44. The Morgan fingerprint density at radius 3 is 2.77 bits per heavy atom. The van der Waals surface area contributed by atoms with Gasteiger partial charge < -0.3 is 15.6 Å². The van der Waals surface area contributed by atoms with Gasteiger partial charge in [0.05, 0.1) is 18.9 Å². The molecule has 0 aliphatic heterocycles. The van der Waals surface area contributed by atoms with Crippen LogP contribution in [0.25, 0.3) is 5.69 Å². The molecule has 0 spiro atoms. The Kier molecular flexibility index (Phi) is 6.09. The summed E-state index contributed by atoms with van der Waals surface area (Å²) in [6.07, 6.45) is 2.22. The SMILES string of the molecule is COc1ccccc1Cc1nc([C@H]2CC[C@@H](N)[C@H](O)C2)n(-c2ccc(C)c(Cl)c2)n1. The molecule has 3 atom stereocenters. The maximum atomic E-state index is 10.3. The molecule has 3 aromatic rings. The summed E-state index contributed by atoms with van der Waals surface area (Å²) in [7, 11) is 1.66. The molecule has 1 aliphatic carbocycles. The minimum absolute atomic E-state index is 0.0822. The van der Waals surface area contributed by atoms with Crippen LogP contribution < -0.4 is 10.5 Å². The Labute approximate surface area is 181 Å². The molecule has 1 aliphatic rings. The minimum Gasteiger partial charge on any atom is -0.496 e. The third kappa shape index (κ3) is 4.21. The average molecular weight is 427 g/mol. The lowest BCUT2D eigenvalue weighted by Crippen LogP contribution is -2.40. The van der Waals surface area contributed by atoms with Crippen molar-refractivity contribution >= 4 is 11.6 Å². The molecule has 30 heavy (non-hydrogen) atoms. The molecular formula is C23H27ClN4O2. The van der Waals surface area contributed by atoms with E-state index in [1.54, 1.807) is 7.11 Å². The summed E-state index contributed by atoms with van der Waals surface area (Å²) in [6, 6.07) is 13.6. The number of benzene rings is 2. The fraction of sp³-hybridized carbons (Fsp3) is 0.391. The highest BCUT2D eigenvalue weighted by atomic mass is 35.5. The van der Waals surface area contributed by atoms with Crippen molar-refractivity contribution in [1.29, 1.82) is 0 Å². The maximum absolute atomic E-state index is 10.3. The summed E-state index contributed by atoms with van der Waals surface area (Å²) < 4.78 is 7.35. The Bertz CT molecular complexity index is 1040. The van der Waals surface area contributed by atoms with E-state index >= 15 is 0 Å². The summed E-state index contributed by atoms with van der Waals surface area (Å²) in [5.41, 5.74) is 8.92. The second-order valence-electron chi connectivity index (χ2n) is 7.96. The molecule has 0 unspecified atom stereocenters. The zero-order valence-corrected chi connectivity index (χ0v) is 18.0. The molecule has 2 aromatic carbocycles. The first kappa shape index (κ1) is 20.8. The lowest BCUT2D eigenvalue weighted by molar-refractivity contribution is 0.0961. The normalized spacial score (nSPS) is 21.6. The fourth-order valence-corrected chi connectivity index (χ4v) is 4.21. The number of ether oxygens (including phenoxy) is 1. The molecule has 0 bridgehead atoms. The number of hydrogen-bond donors (Lipinski definition) is 2. The van der Waals surface area contributed by atoms with Gasteiger partial charge in [0.1, 0.15) is 11.6 Å². The van der Waals surface area contributed by atoms with E-state index in [-0.39, 0.29) is 12.0 Å². The van der Waals surface area contributed by atoms with E-state index < -0.39 is 6.10 Å². The first-order valence-corrected chi connectivity index (χ1v) is 10.6. The number of aliphatic hydroxyl groups excluding tert-OH is 1. The van der Waals surface area contributed by atoms with Crippen LogP contribution in [0.2, 0.25) is 5.02 Å². The van der Waals surface area contributed by atoms with Gasteiger partial charge in [0.25, 0.3) is 0 Å². The van der Waals surface area contributed by atoms with Gasteiger partial charge in [0, 0.05) is 29.0 Å². The molecule has 158 valence electrons. The van der Waals surface area contributed by atoms with Gasteiger partial charge in [0.15, 0.2) is 5.82 Å². The predicted molar refractivity (Wildman–Crippen MR) is 117 cm³/mol. The van der Waals surface area contributed by atoms with E-state index in [9.17, 15) is 5.11 Å². The van der Waals surface area contributed by atoms with Crippen molar-refractivity contribution < 1.29 is 9.84 Å². The van der Waals surface area contributed by atoms with Crippen molar-refractivity contribution in [2.45, 2.75) is 50.7 Å². The van der Waals surface area contributed by atoms with Crippen molar-refractivity contribution in [2.75, 3.05) is 7.11 Å². The number of halogens is 1. The smallest absolute Gasteiger partial charge is 0.155 e. The van der Waals surface area contributed by atoms with Crippen LogP contribution in [0.3, 0.4) is 0 Å². The topological polar surface area (TPSA) is 86.2 Å². The molecular weight excluding hydrogens is 400 g/mol. The van der Waals surface area contributed by atoms with Crippen molar-refractivity contribution in [2.24, 2.45) is 5.73 Å². The van der Waals surface area contributed by atoms with E-state index in [0.29, 0.717) is 23.7 Å². The number of nitrogens with zero attached hydrogens (tertiary/aromatic N) is 3. The van der Waals surface area contributed by atoms with Crippen LogP contribution in [0, 0.1) is 6.92 Å². The predicted octanol–water partition coefficient (Wildman–Crippen LogP) is 3.78. The summed E-state index contributed by atoms with van der Waals surface area (Å²) in [6.45, 7) is 1.97. The van der Waals surface area contributed by atoms with Gasteiger partial charge in [-0.1, -0.05) is 35.9 Å². The van der Waals surface area contributed by atoms with Crippen molar-refractivity contribution in [1.82, 2.24) is 14.8 Å². The standard InChI is InChI=1S/C23H27ClN4O2/c1-14-7-9-17(13-18(14)24)28-23(16-8-10-19(25)20(29)11-16)26-22(27-28)12-15-5-3-4-6-21(15)30-2/h3-7,9,13,16,19-20,29H,8,10-12,25H2,1-2H3/t16-,19+,20+/m0/s1. The molecule has 3 N–H and O–H groups in total. The molecule has 0 radical (unpaired) electrons. The van der Waals surface area contributed by atoms with Gasteiger partial charge in [-0.3, -0.25) is 0 Å². The number of aromatic nitrogens is 3. The number of aliphatic hydroxyl groups is 1. The number of nitrogens with two attached hydrogens (primary N) is 1. The second-order valence-corrected chi connectivity index (χ2v) is 8.37. The quantitative estimate of drug-likeness (QED) is 0.648. The molecule has 4 rings (SSSR count). The van der Waals surface area contributed by atoms with Gasteiger partial charge >= 0.3 is 0 Å². The van der Waals surface area contributed by atoms with Crippen LogP contribution in [0.15, 0.2) is 42.5 Å². The van der Waals surface area contributed by atoms with Crippen LogP contribution >= 0.6 is 11.6 Å². The third-order valence-corrected chi connectivity index (χ3v) is 6.26. The van der Waals surface area contributed by atoms with Crippen molar-refractivity contribution in [3.8, 4) is 11.4 Å². The van der Waals surface area contributed by atoms with Crippen LogP contribution in [0.4, 0.5) is 0 Å². The zero-order valence-electron chi connectivity index (χ0n) is 17.3. The number of para-hydroxylation sites is 1.